The van der Waals surface area contributed by atoms with Crippen LogP contribution in [0.15, 0.2) is 36.7 Å². The highest BCUT2D eigenvalue weighted by atomic mass is 35.5. The molecular weight excluding hydrogens is 419 g/mol. The van der Waals surface area contributed by atoms with E-state index >= 15 is 0 Å². The third-order valence-corrected chi connectivity index (χ3v) is 4.80. The van der Waals surface area contributed by atoms with Crippen LogP contribution in [0.5, 0.6) is 0 Å². The minimum atomic E-state index is -4.50. The first kappa shape index (κ1) is 20.1. The van der Waals surface area contributed by atoms with Gasteiger partial charge in [0.25, 0.3) is 0 Å². The van der Waals surface area contributed by atoms with E-state index < -0.39 is 11.9 Å². The Morgan fingerprint density at radius 2 is 1.80 bits per heavy atom. The Kier molecular flexibility index (Phi) is 4.89. The zero-order valence-electron chi connectivity index (χ0n) is 16.0. The molecule has 0 amide bonds. The van der Waals surface area contributed by atoms with Crippen LogP contribution in [0, 0.1) is 0 Å². The van der Waals surface area contributed by atoms with Gasteiger partial charge in [0.2, 0.25) is 11.2 Å². The number of hydrogen-bond donors (Lipinski definition) is 1. The van der Waals surface area contributed by atoms with Gasteiger partial charge in [0.15, 0.2) is 11.3 Å². The molecule has 0 aliphatic rings. The first-order chi connectivity index (χ1) is 14.1. The minimum absolute atomic E-state index is 0.0833. The Morgan fingerprint density at radius 3 is 2.43 bits per heavy atom. The summed E-state index contributed by atoms with van der Waals surface area (Å²) in [5.74, 6) is 0.520. The zero-order valence-corrected chi connectivity index (χ0v) is 16.8. The number of fused-ring (bicyclic) bond motifs is 1. The number of anilines is 1. The summed E-state index contributed by atoms with van der Waals surface area (Å²) in [5, 5.41) is 0.0833. The number of nitrogens with two attached hydrogens (primary N) is 1. The summed E-state index contributed by atoms with van der Waals surface area (Å²) in [6.07, 6.45) is -1.97. The molecule has 0 unspecified atom stereocenters. The van der Waals surface area contributed by atoms with Crippen molar-refractivity contribution in [2.75, 3.05) is 5.73 Å². The van der Waals surface area contributed by atoms with Gasteiger partial charge in [-0.3, -0.25) is 4.57 Å². The average molecular weight is 436 g/mol. The molecule has 3 aromatic heterocycles. The van der Waals surface area contributed by atoms with Gasteiger partial charge in [0.1, 0.15) is 11.3 Å². The van der Waals surface area contributed by atoms with Gasteiger partial charge in [-0.05, 0) is 31.0 Å². The van der Waals surface area contributed by atoms with E-state index in [0.717, 1.165) is 11.8 Å². The topological polar surface area (TPSA) is 87.4 Å². The molecule has 0 bridgehead atoms. The Bertz CT molecular complexity index is 1210. The summed E-state index contributed by atoms with van der Waals surface area (Å²) < 4.78 is 42.5. The number of hydrogen-bond acceptors (Lipinski definition) is 5. The number of nitrogens with zero attached hydrogens (tertiary/aromatic N) is 6. The summed E-state index contributed by atoms with van der Waals surface area (Å²) in [6, 6.07) is 6.89. The Labute approximate surface area is 174 Å². The maximum absolute atomic E-state index is 13.1. The van der Waals surface area contributed by atoms with Crippen molar-refractivity contribution in [1.82, 2.24) is 29.1 Å². The normalized spacial score (nSPS) is 12.2. The van der Waals surface area contributed by atoms with E-state index in [9.17, 15) is 13.2 Å². The lowest BCUT2D eigenvalue weighted by molar-refractivity contribution is -0.140. The Hall–Kier alpha value is -3.14. The molecule has 0 atom stereocenters. The van der Waals surface area contributed by atoms with Crippen molar-refractivity contribution >= 4 is 28.7 Å². The predicted molar refractivity (Wildman–Crippen MR) is 107 cm³/mol. The molecule has 0 aliphatic heterocycles. The van der Waals surface area contributed by atoms with E-state index in [0.29, 0.717) is 23.3 Å². The SMILES string of the molecule is CC(C)n1cc(C(F)(F)F)nc1-c1ccc(Cn2c(N)nc3cnc(Cl)nc32)cc1. The van der Waals surface area contributed by atoms with E-state index in [1.54, 1.807) is 42.7 Å². The lowest BCUT2D eigenvalue weighted by Gasteiger charge is -2.12. The highest BCUT2D eigenvalue weighted by Crippen LogP contribution is 2.32. The van der Waals surface area contributed by atoms with Crippen molar-refractivity contribution in [2.45, 2.75) is 32.6 Å². The number of alkyl halides is 3. The lowest BCUT2D eigenvalue weighted by atomic mass is 10.1. The monoisotopic (exact) mass is 435 g/mol. The molecule has 0 fully saturated rings. The van der Waals surface area contributed by atoms with E-state index in [2.05, 4.69) is 19.9 Å². The van der Waals surface area contributed by atoms with Gasteiger partial charge in [0, 0.05) is 17.8 Å². The van der Waals surface area contributed by atoms with Crippen LogP contribution < -0.4 is 5.73 Å². The molecule has 0 radical (unpaired) electrons. The first-order valence-corrected chi connectivity index (χ1v) is 9.41. The Morgan fingerprint density at radius 1 is 1.10 bits per heavy atom. The number of halogens is 4. The molecule has 0 spiro atoms. The third-order valence-electron chi connectivity index (χ3n) is 4.62. The number of nitrogen functional groups attached to an aromatic ring is 1. The molecule has 7 nitrogen and oxygen atoms in total. The molecule has 30 heavy (non-hydrogen) atoms. The van der Waals surface area contributed by atoms with Crippen LogP contribution in [0.2, 0.25) is 5.28 Å². The molecule has 0 aliphatic carbocycles. The van der Waals surface area contributed by atoms with Crippen molar-refractivity contribution in [1.29, 1.82) is 0 Å². The number of rotatable bonds is 4. The maximum Gasteiger partial charge on any atom is 0.434 e. The molecule has 4 rings (SSSR count). The van der Waals surface area contributed by atoms with Crippen LogP contribution in [-0.2, 0) is 12.7 Å². The number of benzene rings is 1. The van der Waals surface area contributed by atoms with Gasteiger partial charge >= 0.3 is 6.18 Å². The summed E-state index contributed by atoms with van der Waals surface area (Å²) in [4.78, 5) is 16.1. The number of aromatic nitrogens is 6. The molecule has 0 saturated carbocycles. The first-order valence-electron chi connectivity index (χ1n) is 9.03. The van der Waals surface area contributed by atoms with Crippen molar-refractivity contribution in [2.24, 2.45) is 0 Å². The standard InChI is InChI=1S/C19H17ClF3N7/c1-10(2)29-9-14(19(21,22)23)27-15(29)12-5-3-11(4-6-12)8-30-16-13(26-18(30)24)7-25-17(20)28-16/h3-7,9-10H,8H2,1-2H3,(H2,24,26). The molecule has 1 aromatic carbocycles. The summed E-state index contributed by atoms with van der Waals surface area (Å²) >= 11 is 5.87. The van der Waals surface area contributed by atoms with E-state index in [1.807, 2.05) is 0 Å². The molecule has 156 valence electrons. The molecular formula is C19H17ClF3N7. The van der Waals surface area contributed by atoms with Gasteiger partial charge in [-0.25, -0.2) is 15.0 Å². The van der Waals surface area contributed by atoms with Crippen LogP contribution >= 0.6 is 11.6 Å². The van der Waals surface area contributed by atoms with Gasteiger partial charge in [-0.1, -0.05) is 24.3 Å². The number of imidazole rings is 2. The Balaban J connectivity index is 1.67. The van der Waals surface area contributed by atoms with Crippen LogP contribution in [0.3, 0.4) is 0 Å². The smallest absolute Gasteiger partial charge is 0.369 e. The fraction of sp³-hybridized carbons (Fsp3) is 0.263. The highest BCUT2D eigenvalue weighted by Gasteiger charge is 2.35. The van der Waals surface area contributed by atoms with Crippen molar-refractivity contribution in [3.63, 3.8) is 0 Å². The quantitative estimate of drug-likeness (QED) is 0.474. The summed E-state index contributed by atoms with van der Waals surface area (Å²) in [6.45, 7) is 3.97. The van der Waals surface area contributed by atoms with Crippen LogP contribution in [-0.4, -0.2) is 29.1 Å². The molecule has 3 heterocycles. The second-order valence-corrected chi connectivity index (χ2v) is 7.39. The van der Waals surface area contributed by atoms with Crippen molar-refractivity contribution in [3.05, 3.63) is 53.2 Å². The van der Waals surface area contributed by atoms with Gasteiger partial charge in [-0.2, -0.15) is 18.2 Å². The second-order valence-electron chi connectivity index (χ2n) is 7.05. The largest absolute Gasteiger partial charge is 0.434 e. The van der Waals surface area contributed by atoms with Gasteiger partial charge in [0.05, 0.1) is 12.7 Å². The van der Waals surface area contributed by atoms with Crippen molar-refractivity contribution < 1.29 is 13.2 Å². The third kappa shape index (κ3) is 3.70. The lowest BCUT2D eigenvalue weighted by Crippen LogP contribution is -2.06. The van der Waals surface area contributed by atoms with Crippen LogP contribution in [0.4, 0.5) is 19.1 Å². The van der Waals surface area contributed by atoms with Crippen LogP contribution in [0.1, 0.15) is 31.1 Å². The van der Waals surface area contributed by atoms with Crippen LogP contribution in [0.25, 0.3) is 22.6 Å². The second kappa shape index (κ2) is 7.28. The molecule has 0 saturated heterocycles. The average Bonchev–Trinajstić information content (AvgIpc) is 3.25. The van der Waals surface area contributed by atoms with E-state index in [-0.39, 0.29) is 23.1 Å². The zero-order chi connectivity index (χ0) is 21.6. The maximum atomic E-state index is 13.1. The highest BCUT2D eigenvalue weighted by molar-refractivity contribution is 6.28. The van der Waals surface area contributed by atoms with Crippen molar-refractivity contribution in [3.8, 4) is 11.4 Å². The molecule has 4 aromatic rings. The van der Waals surface area contributed by atoms with E-state index in [1.165, 1.54) is 10.8 Å². The molecule has 11 heteroatoms. The fourth-order valence-corrected chi connectivity index (χ4v) is 3.28. The predicted octanol–water partition coefficient (Wildman–Crippen LogP) is 4.57. The van der Waals surface area contributed by atoms with E-state index in [4.69, 9.17) is 17.3 Å². The van der Waals surface area contributed by atoms with Gasteiger partial charge in [-0.15, -0.1) is 0 Å². The molecule has 2 N–H and O–H groups in total. The summed E-state index contributed by atoms with van der Waals surface area (Å²) in [7, 11) is 0. The van der Waals surface area contributed by atoms with Gasteiger partial charge < -0.3 is 10.3 Å². The summed E-state index contributed by atoms with van der Waals surface area (Å²) in [5.41, 5.74) is 7.54. The minimum Gasteiger partial charge on any atom is -0.369 e. The fourth-order valence-electron chi connectivity index (χ4n) is 3.15.